The molecule has 266 valence electrons. The molecule has 1 aliphatic heterocycles. The van der Waals surface area contributed by atoms with Crippen molar-refractivity contribution in [1.29, 1.82) is 0 Å². The zero-order valence-corrected chi connectivity index (χ0v) is 28.7. The predicted octanol–water partition coefficient (Wildman–Crippen LogP) is -5.20. The van der Waals surface area contributed by atoms with Gasteiger partial charge in [-0.2, -0.15) is 0 Å². The van der Waals surface area contributed by atoms with Crippen molar-refractivity contribution in [2.45, 2.75) is 57.8 Å². The van der Waals surface area contributed by atoms with Gasteiger partial charge in [0.25, 0.3) is 7.82 Å². The van der Waals surface area contributed by atoms with Crippen LogP contribution in [-0.2, 0) is 45.9 Å². The number of aromatic nitrogens is 4. The van der Waals surface area contributed by atoms with Crippen LogP contribution in [0.15, 0.2) is 12.7 Å². The van der Waals surface area contributed by atoms with Crippen molar-refractivity contribution in [2.75, 3.05) is 32.0 Å². The summed E-state index contributed by atoms with van der Waals surface area (Å²) in [7, 11) is -16.6. The third-order valence-electron chi connectivity index (χ3n) is 6.44. The number of carbonyl (C=O) groups is 2. The zero-order chi connectivity index (χ0) is 35.4. The molecule has 3 heterocycles. The maximum atomic E-state index is 12.5. The molecule has 3 rings (SSSR count). The normalized spacial score (nSPS) is 23.1. The average molecular weight is 741 g/mol. The largest absolute Gasteiger partial charge is 1.00 e. The molecule has 2 amide bonds. The number of nitrogen functional groups attached to an aromatic ring is 1. The van der Waals surface area contributed by atoms with Gasteiger partial charge in [0, 0.05) is 24.9 Å². The Labute approximate surface area is 284 Å². The Hall–Kier alpha value is -1.86. The summed E-state index contributed by atoms with van der Waals surface area (Å²) in [6.45, 7) is 2.37. The minimum Gasteiger partial charge on any atom is -0.756 e. The smallest absolute Gasteiger partial charge is 0.756 e. The van der Waals surface area contributed by atoms with Crippen LogP contribution in [0.5, 0.6) is 0 Å². The van der Waals surface area contributed by atoms with E-state index >= 15 is 0 Å². The van der Waals surface area contributed by atoms with Crippen molar-refractivity contribution < 1.29 is 94.6 Å². The fraction of sp³-hybridized carbons (Fsp3) is 0.667. The average Bonchev–Trinajstić information content (AvgIpc) is 3.51. The Morgan fingerprint density at radius 1 is 1.17 bits per heavy atom. The molecular formula is C21H35LiN7O16P3. The summed E-state index contributed by atoms with van der Waals surface area (Å²) in [6.07, 6.45) is -6.80. The molecule has 0 spiro atoms. The van der Waals surface area contributed by atoms with Gasteiger partial charge in [-0.3, -0.25) is 27.8 Å². The summed E-state index contributed by atoms with van der Waals surface area (Å²) in [5.41, 5.74) is 4.25. The van der Waals surface area contributed by atoms with Crippen molar-refractivity contribution in [3.05, 3.63) is 12.7 Å². The number of phosphoric ester groups is 3. The van der Waals surface area contributed by atoms with E-state index in [2.05, 4.69) is 43.5 Å². The second-order valence-electron chi connectivity index (χ2n) is 10.7. The van der Waals surface area contributed by atoms with Gasteiger partial charge in [-0.05, 0) is 6.92 Å². The Morgan fingerprint density at radius 2 is 1.83 bits per heavy atom. The van der Waals surface area contributed by atoms with Crippen LogP contribution in [0.1, 0.15) is 33.4 Å². The standard InChI is InChI=1S/C21H36N7O16P3.Li/c1-4-23-12(29)5-6-24-19(32)16(31)21(2,3)8-41-47(38,39)44-46(36,37)40-7-11-15(43-45(33,34)35)14(30)20(42-11)28-10-27-13-17(22)25-9-26-18(13)28;/h9-11,14-16,20,30-31H,4-8H2,1-3H3,(H,23,29)(H,24,32)(H,36,37)(H,38,39)(H2,22,25,26)(H2,33,34,35);/q;+1/p-1/t11-,14-,15-,16?,20-;/m1./s1. The Bertz CT molecular complexity index is 1580. The molecule has 23 nitrogen and oxygen atoms in total. The van der Waals surface area contributed by atoms with Gasteiger partial charge in [0.2, 0.25) is 11.8 Å². The number of nitrogens with zero attached hydrogens (tertiary/aromatic N) is 4. The molecule has 1 aliphatic rings. The summed E-state index contributed by atoms with van der Waals surface area (Å²) in [4.78, 5) is 76.6. The van der Waals surface area contributed by atoms with Gasteiger partial charge in [-0.25, -0.2) is 28.4 Å². The minimum absolute atomic E-state index is 0. The van der Waals surface area contributed by atoms with Crippen molar-refractivity contribution >= 4 is 52.3 Å². The van der Waals surface area contributed by atoms with Crippen LogP contribution in [0.25, 0.3) is 11.2 Å². The first-order valence-electron chi connectivity index (χ1n) is 13.5. The number of phosphoric acid groups is 3. The number of amides is 2. The molecule has 7 atom stereocenters. The fourth-order valence-corrected chi connectivity index (χ4v) is 6.92. The Kier molecular flexibility index (Phi) is 14.9. The predicted molar refractivity (Wildman–Crippen MR) is 153 cm³/mol. The Morgan fingerprint density at radius 3 is 2.46 bits per heavy atom. The second kappa shape index (κ2) is 16.9. The number of anilines is 1. The van der Waals surface area contributed by atoms with E-state index < -0.39 is 78.6 Å². The SMILES string of the molecule is CCNC(=O)CCNC(=O)C(O)C(C)(C)COP(=O)([O-])OP(=O)(O)OC[C@H]1O[C@@H](n2cnc3c(N)ncnc32)[C@H](O)[C@@H]1OP(=O)(O)O.[Li+]. The number of aliphatic hydroxyl groups excluding tert-OH is 2. The number of aliphatic hydroxyl groups is 2. The summed E-state index contributed by atoms with van der Waals surface area (Å²) in [6, 6.07) is 0. The first kappa shape index (κ1) is 42.3. The first-order valence-corrected chi connectivity index (χ1v) is 18.0. The van der Waals surface area contributed by atoms with E-state index in [9.17, 15) is 53.1 Å². The maximum absolute atomic E-state index is 12.5. The quantitative estimate of drug-likeness (QED) is 0.0555. The summed E-state index contributed by atoms with van der Waals surface area (Å²) in [5.74, 6) is -1.34. The molecule has 0 radical (unpaired) electrons. The molecule has 0 bridgehead atoms. The molecule has 2 aromatic rings. The van der Waals surface area contributed by atoms with Crippen LogP contribution in [0.2, 0.25) is 0 Å². The van der Waals surface area contributed by atoms with E-state index in [4.69, 9.17) is 10.5 Å². The molecule has 48 heavy (non-hydrogen) atoms. The summed E-state index contributed by atoms with van der Waals surface area (Å²) < 4.78 is 61.2. The number of imidazole rings is 1. The number of nitrogens with one attached hydrogen (secondary N) is 2. The molecule has 2 aromatic heterocycles. The van der Waals surface area contributed by atoms with Crippen LogP contribution in [0.4, 0.5) is 5.82 Å². The molecule has 0 aliphatic carbocycles. The monoisotopic (exact) mass is 741 g/mol. The van der Waals surface area contributed by atoms with E-state index in [0.29, 0.717) is 6.54 Å². The number of hydrogen-bond donors (Lipinski definition) is 8. The van der Waals surface area contributed by atoms with Crippen LogP contribution in [0.3, 0.4) is 0 Å². The van der Waals surface area contributed by atoms with E-state index in [1.54, 1.807) is 6.92 Å². The van der Waals surface area contributed by atoms with E-state index in [1.807, 2.05) is 0 Å². The molecule has 3 unspecified atom stereocenters. The molecule has 9 N–H and O–H groups in total. The number of carbonyl (C=O) groups excluding carboxylic acids is 2. The van der Waals surface area contributed by atoms with Gasteiger partial charge >= 0.3 is 34.5 Å². The van der Waals surface area contributed by atoms with Gasteiger partial charge in [0.15, 0.2) is 17.7 Å². The maximum Gasteiger partial charge on any atom is 1.00 e. The van der Waals surface area contributed by atoms with E-state index in [1.165, 1.54) is 13.8 Å². The van der Waals surface area contributed by atoms with Crippen molar-refractivity contribution in [1.82, 2.24) is 30.2 Å². The molecule has 1 fully saturated rings. The van der Waals surface area contributed by atoms with Gasteiger partial charge in [0.1, 0.15) is 36.3 Å². The summed E-state index contributed by atoms with van der Waals surface area (Å²) in [5, 5.41) is 26.0. The Balaban J connectivity index is 0.00000800. The number of rotatable bonds is 17. The molecule has 1 saturated heterocycles. The van der Waals surface area contributed by atoms with Crippen LogP contribution < -0.4 is 40.1 Å². The number of hydrogen-bond acceptors (Lipinski definition) is 17. The van der Waals surface area contributed by atoms with Crippen molar-refractivity contribution in [3.8, 4) is 0 Å². The number of nitrogens with two attached hydrogens (primary N) is 1. The van der Waals surface area contributed by atoms with Gasteiger partial charge < -0.3 is 55.4 Å². The van der Waals surface area contributed by atoms with Crippen LogP contribution in [-0.4, -0.2) is 107 Å². The number of fused-ring (bicyclic) bond motifs is 1. The third-order valence-corrected chi connectivity index (χ3v) is 9.51. The molecule has 0 saturated carbocycles. The second-order valence-corrected chi connectivity index (χ2v) is 14.8. The fourth-order valence-electron chi connectivity index (χ4n) is 4.13. The van der Waals surface area contributed by atoms with Gasteiger partial charge in [0.05, 0.1) is 19.5 Å². The van der Waals surface area contributed by atoms with Gasteiger partial charge in [-0.1, -0.05) is 13.8 Å². The molecule has 0 aromatic carbocycles. The van der Waals surface area contributed by atoms with Crippen molar-refractivity contribution in [3.63, 3.8) is 0 Å². The molecular weight excluding hydrogens is 706 g/mol. The van der Waals surface area contributed by atoms with Gasteiger partial charge in [-0.15, -0.1) is 0 Å². The topological polar surface area (TPSA) is 349 Å². The van der Waals surface area contributed by atoms with Crippen LogP contribution in [0, 0.1) is 5.41 Å². The van der Waals surface area contributed by atoms with E-state index in [0.717, 1.165) is 17.2 Å². The molecule has 27 heteroatoms. The first-order chi connectivity index (χ1) is 21.7. The summed E-state index contributed by atoms with van der Waals surface area (Å²) >= 11 is 0. The third kappa shape index (κ3) is 11.6. The van der Waals surface area contributed by atoms with Crippen molar-refractivity contribution in [2.24, 2.45) is 5.41 Å². The minimum atomic E-state index is -5.70. The van der Waals surface area contributed by atoms with Crippen LogP contribution >= 0.6 is 23.5 Å². The number of ether oxygens (including phenoxy) is 1. The zero-order valence-electron chi connectivity index (χ0n) is 26.0. The van der Waals surface area contributed by atoms with E-state index in [-0.39, 0.29) is 54.7 Å².